The van der Waals surface area contributed by atoms with Crippen LogP contribution in [0.15, 0.2) is 5.16 Å². The molecule has 0 bridgehead atoms. The van der Waals surface area contributed by atoms with E-state index in [2.05, 4.69) is 14.8 Å². The van der Waals surface area contributed by atoms with E-state index in [9.17, 15) is 4.79 Å². The number of hydrogen-bond acceptors (Lipinski definition) is 5. The van der Waals surface area contributed by atoms with Crippen LogP contribution in [-0.4, -0.2) is 43.1 Å². The lowest BCUT2D eigenvalue weighted by Crippen LogP contribution is -2.18. The molecule has 0 spiro atoms. The Bertz CT molecular complexity index is 482. The highest BCUT2D eigenvalue weighted by Crippen LogP contribution is 2.40. The minimum Gasteiger partial charge on any atom is -0.481 e. The summed E-state index contributed by atoms with van der Waals surface area (Å²) in [5, 5.41) is 18.2. The van der Waals surface area contributed by atoms with Crippen molar-refractivity contribution in [2.75, 3.05) is 17.3 Å². The second-order valence-corrected chi connectivity index (χ2v) is 7.63. The Kier molecular flexibility index (Phi) is 4.55. The van der Waals surface area contributed by atoms with Gasteiger partial charge in [0.05, 0.1) is 5.75 Å². The van der Waals surface area contributed by atoms with E-state index in [-0.39, 0.29) is 5.75 Å². The van der Waals surface area contributed by atoms with Crippen LogP contribution in [0.2, 0.25) is 0 Å². The fraction of sp³-hybridized carbons (Fsp3) is 0.769. The van der Waals surface area contributed by atoms with Crippen molar-refractivity contribution in [3.8, 4) is 0 Å². The Labute approximate surface area is 126 Å². The number of carboxylic acid groups (broad SMARTS) is 1. The van der Waals surface area contributed by atoms with Gasteiger partial charge in [-0.3, -0.25) is 4.79 Å². The molecule has 2 heterocycles. The average molecular weight is 313 g/mol. The summed E-state index contributed by atoms with van der Waals surface area (Å²) in [5.74, 6) is 4.06. The van der Waals surface area contributed by atoms with E-state index in [1.165, 1.54) is 49.0 Å². The van der Waals surface area contributed by atoms with Gasteiger partial charge >= 0.3 is 5.97 Å². The summed E-state index contributed by atoms with van der Waals surface area (Å²) in [7, 11) is 0. The van der Waals surface area contributed by atoms with Gasteiger partial charge in [0, 0.05) is 12.5 Å². The van der Waals surface area contributed by atoms with Crippen LogP contribution in [0.3, 0.4) is 0 Å². The predicted octanol–water partition coefficient (Wildman–Crippen LogP) is 2.48. The molecule has 1 saturated heterocycles. The van der Waals surface area contributed by atoms with Gasteiger partial charge in [-0.25, -0.2) is 0 Å². The normalized spacial score (nSPS) is 20.2. The van der Waals surface area contributed by atoms with E-state index in [0.717, 1.165) is 17.5 Å². The van der Waals surface area contributed by atoms with Gasteiger partial charge in [-0.1, -0.05) is 11.8 Å². The molecule has 1 aliphatic heterocycles. The van der Waals surface area contributed by atoms with Crippen LogP contribution < -0.4 is 0 Å². The molecule has 1 saturated carbocycles. The standard InChI is InChI=1S/C13H19N3O2S2/c17-11(18)8-20-13-15-14-12(10-1-2-10)16(13)7-9-3-5-19-6-4-9/h9-10H,1-8H2,(H,17,18). The van der Waals surface area contributed by atoms with E-state index < -0.39 is 5.97 Å². The summed E-state index contributed by atoms with van der Waals surface area (Å²) in [5.41, 5.74) is 0. The van der Waals surface area contributed by atoms with Gasteiger partial charge in [-0.05, 0) is 43.1 Å². The van der Waals surface area contributed by atoms with Crippen LogP contribution in [0.4, 0.5) is 0 Å². The third kappa shape index (κ3) is 3.49. The maximum Gasteiger partial charge on any atom is 0.313 e. The zero-order valence-electron chi connectivity index (χ0n) is 11.3. The Morgan fingerprint density at radius 2 is 2.05 bits per heavy atom. The molecule has 2 aliphatic rings. The van der Waals surface area contributed by atoms with Crippen molar-refractivity contribution in [1.29, 1.82) is 0 Å². The van der Waals surface area contributed by atoms with Crippen LogP contribution in [0.25, 0.3) is 0 Å². The molecule has 0 radical (unpaired) electrons. The molecule has 0 unspecified atom stereocenters. The minimum atomic E-state index is -0.799. The smallest absolute Gasteiger partial charge is 0.313 e. The molecule has 1 aromatic rings. The van der Waals surface area contributed by atoms with Gasteiger partial charge in [0.2, 0.25) is 0 Å². The molecular formula is C13H19N3O2S2. The highest BCUT2D eigenvalue weighted by atomic mass is 32.2. The monoisotopic (exact) mass is 313 g/mol. The van der Waals surface area contributed by atoms with Crippen molar-refractivity contribution in [2.24, 2.45) is 5.92 Å². The first-order valence-electron chi connectivity index (χ1n) is 7.09. The van der Waals surface area contributed by atoms with E-state index in [4.69, 9.17) is 5.11 Å². The van der Waals surface area contributed by atoms with E-state index in [0.29, 0.717) is 11.8 Å². The van der Waals surface area contributed by atoms with Crippen LogP contribution in [0.5, 0.6) is 0 Å². The third-order valence-electron chi connectivity index (χ3n) is 3.79. The van der Waals surface area contributed by atoms with Crippen LogP contribution in [0.1, 0.15) is 37.4 Å². The van der Waals surface area contributed by atoms with Gasteiger partial charge in [-0.2, -0.15) is 11.8 Å². The average Bonchev–Trinajstić information content (AvgIpc) is 3.21. The third-order valence-corrected chi connectivity index (χ3v) is 5.79. The molecule has 3 rings (SSSR count). The number of carboxylic acids is 1. The Morgan fingerprint density at radius 3 is 2.70 bits per heavy atom. The Hall–Kier alpha value is -0.690. The van der Waals surface area contributed by atoms with Gasteiger partial charge in [0.1, 0.15) is 5.82 Å². The summed E-state index contributed by atoms with van der Waals surface area (Å²) in [4.78, 5) is 10.7. The molecule has 1 aromatic heterocycles. The predicted molar refractivity (Wildman–Crippen MR) is 80.4 cm³/mol. The molecule has 0 atom stereocenters. The minimum absolute atomic E-state index is 0.0588. The topological polar surface area (TPSA) is 68.0 Å². The lowest BCUT2D eigenvalue weighted by Gasteiger charge is -2.23. The summed E-state index contributed by atoms with van der Waals surface area (Å²) in [6.07, 6.45) is 4.89. The fourth-order valence-electron chi connectivity index (χ4n) is 2.54. The zero-order valence-corrected chi connectivity index (χ0v) is 13.0. The van der Waals surface area contributed by atoms with Crippen molar-refractivity contribution in [3.63, 3.8) is 0 Å². The highest BCUT2D eigenvalue weighted by Gasteiger charge is 2.31. The van der Waals surface area contributed by atoms with Gasteiger partial charge in [0.15, 0.2) is 5.16 Å². The number of hydrogen-bond donors (Lipinski definition) is 1. The van der Waals surface area contributed by atoms with Crippen LogP contribution in [-0.2, 0) is 11.3 Å². The molecule has 0 aromatic carbocycles. The number of aliphatic carboxylic acids is 1. The molecule has 2 fully saturated rings. The first-order valence-corrected chi connectivity index (χ1v) is 9.23. The number of aromatic nitrogens is 3. The van der Waals surface area contributed by atoms with E-state index in [1.807, 2.05) is 11.8 Å². The first kappa shape index (κ1) is 14.3. The van der Waals surface area contributed by atoms with Crippen molar-refractivity contribution in [3.05, 3.63) is 5.82 Å². The lowest BCUT2D eigenvalue weighted by molar-refractivity contribution is -0.133. The fourth-order valence-corrected chi connectivity index (χ4v) is 4.41. The molecular weight excluding hydrogens is 294 g/mol. The maximum absolute atomic E-state index is 10.7. The zero-order chi connectivity index (χ0) is 13.9. The highest BCUT2D eigenvalue weighted by molar-refractivity contribution is 7.99. The van der Waals surface area contributed by atoms with Crippen LogP contribution in [0, 0.1) is 5.92 Å². The maximum atomic E-state index is 10.7. The lowest BCUT2D eigenvalue weighted by atomic mass is 10.0. The quantitative estimate of drug-likeness (QED) is 0.814. The summed E-state index contributed by atoms with van der Waals surface area (Å²) in [6, 6.07) is 0. The number of thioether (sulfide) groups is 2. The summed E-state index contributed by atoms with van der Waals surface area (Å²) >= 11 is 3.32. The Morgan fingerprint density at radius 1 is 1.30 bits per heavy atom. The largest absolute Gasteiger partial charge is 0.481 e. The van der Waals surface area contributed by atoms with E-state index in [1.54, 1.807) is 0 Å². The second kappa shape index (κ2) is 6.39. The second-order valence-electron chi connectivity index (χ2n) is 5.46. The molecule has 5 nitrogen and oxygen atoms in total. The number of rotatable bonds is 6. The van der Waals surface area contributed by atoms with Crippen molar-refractivity contribution in [1.82, 2.24) is 14.8 Å². The molecule has 7 heteroatoms. The van der Waals surface area contributed by atoms with Crippen molar-refractivity contribution < 1.29 is 9.90 Å². The Balaban J connectivity index is 1.73. The van der Waals surface area contributed by atoms with Crippen molar-refractivity contribution >= 4 is 29.5 Å². The molecule has 0 amide bonds. The molecule has 1 N–H and O–H groups in total. The van der Waals surface area contributed by atoms with Gasteiger partial charge in [-0.15, -0.1) is 10.2 Å². The van der Waals surface area contributed by atoms with Gasteiger partial charge in [0.25, 0.3) is 0 Å². The van der Waals surface area contributed by atoms with Crippen LogP contribution >= 0.6 is 23.5 Å². The van der Waals surface area contributed by atoms with E-state index >= 15 is 0 Å². The SMILES string of the molecule is O=C(O)CSc1nnc(C2CC2)n1CC1CCSCC1. The van der Waals surface area contributed by atoms with Gasteiger partial charge < -0.3 is 9.67 Å². The summed E-state index contributed by atoms with van der Waals surface area (Å²) in [6.45, 7) is 0.960. The first-order chi connectivity index (χ1) is 9.74. The summed E-state index contributed by atoms with van der Waals surface area (Å²) < 4.78 is 2.20. The number of carbonyl (C=O) groups is 1. The number of nitrogens with zero attached hydrogens (tertiary/aromatic N) is 3. The van der Waals surface area contributed by atoms with Crippen molar-refractivity contribution in [2.45, 2.75) is 43.3 Å². The molecule has 110 valence electrons. The molecule has 1 aliphatic carbocycles. The molecule has 20 heavy (non-hydrogen) atoms.